The summed E-state index contributed by atoms with van der Waals surface area (Å²) in [6.45, 7) is 1.87. The van der Waals surface area contributed by atoms with E-state index in [4.69, 9.17) is 0 Å². The third-order valence-corrected chi connectivity index (χ3v) is 6.52. The third-order valence-electron chi connectivity index (χ3n) is 5.24. The fraction of sp³-hybridized carbons (Fsp3) is 0.217. The normalized spacial score (nSPS) is 16.7. The lowest BCUT2D eigenvalue weighted by Gasteiger charge is -2.22. The Labute approximate surface area is 176 Å². The summed E-state index contributed by atoms with van der Waals surface area (Å²) >= 11 is 0. The SMILES string of the molecule is CC1Cc2cc(C(=O)NC(c3ccccc3)c3ccccn3)ccc2N1S(C)(=O)=O. The van der Waals surface area contributed by atoms with Gasteiger partial charge < -0.3 is 5.32 Å². The monoisotopic (exact) mass is 421 g/mol. The highest BCUT2D eigenvalue weighted by atomic mass is 32.2. The molecule has 1 amide bonds. The number of rotatable bonds is 5. The molecule has 0 fully saturated rings. The molecule has 4 rings (SSSR count). The van der Waals surface area contributed by atoms with Crippen molar-refractivity contribution in [3.63, 3.8) is 0 Å². The second-order valence-corrected chi connectivity index (χ2v) is 9.39. The molecule has 0 spiro atoms. The first-order chi connectivity index (χ1) is 14.3. The number of benzene rings is 2. The van der Waals surface area contributed by atoms with Crippen LogP contribution in [0.1, 0.15) is 40.1 Å². The number of pyridine rings is 1. The van der Waals surface area contributed by atoms with Gasteiger partial charge in [0.05, 0.1) is 23.7 Å². The number of hydrogen-bond donors (Lipinski definition) is 1. The molecule has 7 heteroatoms. The molecule has 1 N–H and O–H groups in total. The maximum Gasteiger partial charge on any atom is 0.252 e. The molecule has 1 aliphatic heterocycles. The van der Waals surface area contributed by atoms with E-state index in [1.807, 2.05) is 55.5 Å². The largest absolute Gasteiger partial charge is 0.340 e. The fourth-order valence-corrected chi connectivity index (χ4v) is 5.25. The van der Waals surface area contributed by atoms with Crippen molar-refractivity contribution in [2.24, 2.45) is 0 Å². The molecule has 0 saturated carbocycles. The van der Waals surface area contributed by atoms with Crippen LogP contribution in [0.3, 0.4) is 0 Å². The van der Waals surface area contributed by atoms with E-state index in [1.54, 1.807) is 24.4 Å². The average molecular weight is 422 g/mol. The van der Waals surface area contributed by atoms with Gasteiger partial charge in [-0.15, -0.1) is 0 Å². The average Bonchev–Trinajstić information content (AvgIpc) is 3.08. The smallest absolute Gasteiger partial charge is 0.252 e. The van der Waals surface area contributed by atoms with Crippen LogP contribution in [-0.2, 0) is 16.4 Å². The molecule has 2 aromatic carbocycles. The highest BCUT2D eigenvalue weighted by Gasteiger charge is 2.33. The van der Waals surface area contributed by atoms with Gasteiger partial charge in [0.2, 0.25) is 10.0 Å². The van der Waals surface area contributed by atoms with Gasteiger partial charge in [-0.1, -0.05) is 36.4 Å². The molecule has 1 aliphatic rings. The van der Waals surface area contributed by atoms with Crippen molar-refractivity contribution in [3.05, 3.63) is 95.3 Å². The molecule has 0 radical (unpaired) electrons. The van der Waals surface area contributed by atoms with Gasteiger partial charge in [-0.25, -0.2) is 8.42 Å². The van der Waals surface area contributed by atoms with Crippen molar-refractivity contribution in [3.8, 4) is 0 Å². The number of carbonyl (C=O) groups is 1. The van der Waals surface area contributed by atoms with Crippen LogP contribution in [0.2, 0.25) is 0 Å². The topological polar surface area (TPSA) is 79.4 Å². The lowest BCUT2D eigenvalue weighted by atomic mass is 10.0. The first-order valence-corrected chi connectivity index (χ1v) is 11.6. The summed E-state index contributed by atoms with van der Waals surface area (Å²) in [4.78, 5) is 17.5. The Bertz CT molecular complexity index is 1130. The summed E-state index contributed by atoms with van der Waals surface area (Å²) in [5.41, 5.74) is 3.67. The van der Waals surface area contributed by atoms with Crippen molar-refractivity contribution in [1.82, 2.24) is 10.3 Å². The summed E-state index contributed by atoms with van der Waals surface area (Å²) in [6, 6.07) is 19.9. The van der Waals surface area contributed by atoms with Crippen LogP contribution in [0, 0.1) is 0 Å². The summed E-state index contributed by atoms with van der Waals surface area (Å²) in [7, 11) is -3.36. The quantitative estimate of drug-likeness (QED) is 0.686. The van der Waals surface area contributed by atoms with Crippen LogP contribution in [0.5, 0.6) is 0 Å². The molecule has 3 aromatic rings. The lowest BCUT2D eigenvalue weighted by molar-refractivity contribution is 0.0942. The summed E-state index contributed by atoms with van der Waals surface area (Å²) in [5.74, 6) is -0.234. The summed E-state index contributed by atoms with van der Waals surface area (Å²) < 4.78 is 25.7. The van der Waals surface area contributed by atoms with Crippen LogP contribution >= 0.6 is 0 Å². The Morgan fingerprint density at radius 2 is 1.83 bits per heavy atom. The first kappa shape index (κ1) is 20.1. The standard InChI is InChI=1S/C23H23N3O3S/c1-16-14-19-15-18(11-12-21(19)26(16)30(2,28)29)23(27)25-22(17-8-4-3-5-9-17)20-10-6-7-13-24-20/h3-13,15-16,22H,14H2,1-2H3,(H,25,27). The molecular formula is C23H23N3O3S. The zero-order chi connectivity index (χ0) is 21.3. The Kier molecular flexibility index (Phi) is 5.30. The van der Waals surface area contributed by atoms with E-state index in [9.17, 15) is 13.2 Å². The van der Waals surface area contributed by atoms with Crippen molar-refractivity contribution in [2.45, 2.75) is 25.4 Å². The number of fused-ring (bicyclic) bond motifs is 1. The van der Waals surface area contributed by atoms with Gasteiger partial charge >= 0.3 is 0 Å². The molecule has 0 bridgehead atoms. The van der Waals surface area contributed by atoms with Crippen LogP contribution in [0.15, 0.2) is 72.9 Å². The van der Waals surface area contributed by atoms with Gasteiger partial charge in [-0.3, -0.25) is 14.1 Å². The Balaban J connectivity index is 1.64. The minimum Gasteiger partial charge on any atom is -0.340 e. The van der Waals surface area contributed by atoms with Crippen LogP contribution in [0.25, 0.3) is 0 Å². The molecule has 6 nitrogen and oxygen atoms in total. The summed E-state index contributed by atoms with van der Waals surface area (Å²) in [6.07, 6.45) is 3.48. The minimum atomic E-state index is -3.36. The van der Waals surface area contributed by atoms with Crippen molar-refractivity contribution < 1.29 is 13.2 Å². The predicted molar refractivity (Wildman–Crippen MR) is 117 cm³/mol. The van der Waals surface area contributed by atoms with Gasteiger partial charge in [0.1, 0.15) is 0 Å². The fourth-order valence-electron chi connectivity index (χ4n) is 3.98. The number of carbonyl (C=O) groups excluding carboxylic acids is 1. The van der Waals surface area contributed by atoms with E-state index in [0.29, 0.717) is 17.7 Å². The van der Waals surface area contributed by atoms with Gasteiger partial charge in [0.15, 0.2) is 0 Å². The maximum atomic E-state index is 13.1. The maximum absolute atomic E-state index is 13.1. The zero-order valence-corrected chi connectivity index (χ0v) is 17.6. The molecule has 2 heterocycles. The third kappa shape index (κ3) is 3.93. The van der Waals surface area contributed by atoms with E-state index in [0.717, 1.165) is 16.8 Å². The minimum absolute atomic E-state index is 0.168. The molecule has 154 valence electrons. The van der Waals surface area contributed by atoms with Crippen molar-refractivity contribution in [2.75, 3.05) is 10.6 Å². The number of aromatic nitrogens is 1. The van der Waals surface area contributed by atoms with E-state index >= 15 is 0 Å². The number of nitrogens with one attached hydrogen (secondary N) is 1. The van der Waals surface area contributed by atoms with Gasteiger partial charge in [-0.05, 0) is 54.8 Å². The van der Waals surface area contributed by atoms with E-state index < -0.39 is 10.0 Å². The molecule has 0 aliphatic carbocycles. The predicted octanol–water partition coefficient (Wildman–Crippen LogP) is 3.31. The summed E-state index contributed by atoms with van der Waals surface area (Å²) in [5, 5.41) is 3.08. The van der Waals surface area contributed by atoms with E-state index in [-0.39, 0.29) is 18.0 Å². The molecule has 1 aromatic heterocycles. The van der Waals surface area contributed by atoms with Gasteiger partial charge in [0, 0.05) is 17.8 Å². The van der Waals surface area contributed by atoms with Gasteiger partial charge in [0.25, 0.3) is 5.91 Å². The number of nitrogens with zero attached hydrogens (tertiary/aromatic N) is 2. The first-order valence-electron chi connectivity index (χ1n) is 9.73. The van der Waals surface area contributed by atoms with Crippen LogP contribution < -0.4 is 9.62 Å². The van der Waals surface area contributed by atoms with Crippen molar-refractivity contribution >= 4 is 21.6 Å². The Morgan fingerprint density at radius 3 is 2.50 bits per heavy atom. The number of hydrogen-bond acceptors (Lipinski definition) is 4. The molecule has 0 saturated heterocycles. The second-order valence-electron chi connectivity index (χ2n) is 7.53. The Hall–Kier alpha value is -3.19. The van der Waals surface area contributed by atoms with Crippen molar-refractivity contribution in [1.29, 1.82) is 0 Å². The van der Waals surface area contributed by atoms with E-state index in [2.05, 4.69) is 10.3 Å². The van der Waals surface area contributed by atoms with Crippen LogP contribution in [0.4, 0.5) is 5.69 Å². The molecule has 30 heavy (non-hydrogen) atoms. The van der Waals surface area contributed by atoms with Gasteiger partial charge in [-0.2, -0.15) is 0 Å². The molecular weight excluding hydrogens is 398 g/mol. The second kappa shape index (κ2) is 7.91. The molecule has 2 unspecified atom stereocenters. The number of anilines is 1. The zero-order valence-electron chi connectivity index (χ0n) is 16.8. The highest BCUT2D eigenvalue weighted by Crippen LogP contribution is 2.35. The van der Waals surface area contributed by atoms with E-state index in [1.165, 1.54) is 10.6 Å². The lowest BCUT2D eigenvalue weighted by Crippen LogP contribution is -2.34. The number of sulfonamides is 1. The van der Waals surface area contributed by atoms with Crippen LogP contribution in [-0.4, -0.2) is 31.6 Å². The molecule has 2 atom stereocenters. The highest BCUT2D eigenvalue weighted by molar-refractivity contribution is 7.92. The number of amides is 1. The Morgan fingerprint density at radius 1 is 1.10 bits per heavy atom.